The molecule has 1 aromatic heterocycles. The van der Waals surface area contributed by atoms with Crippen molar-refractivity contribution in [1.29, 1.82) is 0 Å². The third kappa shape index (κ3) is 4.61. The smallest absolute Gasteiger partial charge is 0.127 e. The van der Waals surface area contributed by atoms with E-state index in [-0.39, 0.29) is 5.41 Å². The van der Waals surface area contributed by atoms with Crippen LogP contribution in [0, 0.1) is 12.3 Å². The molecule has 0 atom stereocenters. The van der Waals surface area contributed by atoms with E-state index in [2.05, 4.69) is 43.1 Å². The number of aryl methyl sites for hydroxylation is 1. The molecular weight excluding hydrogens is 212 g/mol. The van der Waals surface area contributed by atoms with Crippen molar-refractivity contribution in [3.8, 4) is 0 Å². The van der Waals surface area contributed by atoms with Crippen molar-refractivity contribution in [3.05, 3.63) is 17.8 Å². The third-order valence-corrected chi connectivity index (χ3v) is 2.64. The summed E-state index contributed by atoms with van der Waals surface area (Å²) in [5, 5.41) is 3.34. The lowest BCUT2D eigenvalue weighted by Gasteiger charge is -2.28. The first-order valence-corrected chi connectivity index (χ1v) is 5.91. The van der Waals surface area contributed by atoms with Gasteiger partial charge >= 0.3 is 0 Å². The van der Waals surface area contributed by atoms with Crippen LogP contribution in [0.1, 0.15) is 19.4 Å². The number of anilines is 2. The van der Waals surface area contributed by atoms with Gasteiger partial charge in [0.15, 0.2) is 0 Å². The van der Waals surface area contributed by atoms with Crippen LogP contribution in [0.25, 0.3) is 0 Å². The SMILES string of the molecule is Cc1cnc(NCC(C)(C)CN(C)C)cc1N. The number of hydrogen-bond acceptors (Lipinski definition) is 4. The van der Waals surface area contributed by atoms with E-state index in [9.17, 15) is 0 Å². The highest BCUT2D eigenvalue weighted by atomic mass is 15.1. The van der Waals surface area contributed by atoms with Crippen LogP contribution in [0.3, 0.4) is 0 Å². The summed E-state index contributed by atoms with van der Waals surface area (Å²) < 4.78 is 0. The Bertz CT molecular complexity index is 372. The summed E-state index contributed by atoms with van der Waals surface area (Å²) in [5.41, 5.74) is 7.85. The minimum absolute atomic E-state index is 0.199. The number of aromatic nitrogens is 1. The zero-order valence-electron chi connectivity index (χ0n) is 11.5. The highest BCUT2D eigenvalue weighted by Crippen LogP contribution is 2.18. The quantitative estimate of drug-likeness (QED) is 0.820. The van der Waals surface area contributed by atoms with Crippen molar-refractivity contribution >= 4 is 11.5 Å². The summed E-state index contributed by atoms with van der Waals surface area (Å²) in [7, 11) is 4.17. The fraction of sp³-hybridized carbons (Fsp3) is 0.615. The van der Waals surface area contributed by atoms with Gasteiger partial charge in [-0.25, -0.2) is 4.98 Å². The van der Waals surface area contributed by atoms with Crippen LogP contribution in [0.15, 0.2) is 12.3 Å². The normalized spacial score (nSPS) is 11.9. The Kier molecular flexibility index (Phi) is 4.34. The van der Waals surface area contributed by atoms with Gasteiger partial charge in [0, 0.05) is 31.0 Å². The molecule has 0 saturated carbocycles. The van der Waals surface area contributed by atoms with Crippen molar-refractivity contribution in [2.24, 2.45) is 5.41 Å². The summed E-state index contributed by atoms with van der Waals surface area (Å²) in [6, 6.07) is 1.89. The van der Waals surface area contributed by atoms with Gasteiger partial charge in [0.1, 0.15) is 5.82 Å². The Balaban J connectivity index is 2.58. The maximum Gasteiger partial charge on any atom is 0.127 e. The van der Waals surface area contributed by atoms with Crippen LogP contribution in [0.5, 0.6) is 0 Å². The first-order valence-electron chi connectivity index (χ1n) is 5.91. The van der Waals surface area contributed by atoms with Gasteiger partial charge < -0.3 is 16.0 Å². The van der Waals surface area contributed by atoms with E-state index in [0.717, 1.165) is 30.2 Å². The van der Waals surface area contributed by atoms with Crippen LogP contribution < -0.4 is 11.1 Å². The minimum atomic E-state index is 0.199. The van der Waals surface area contributed by atoms with E-state index in [1.807, 2.05) is 13.0 Å². The van der Waals surface area contributed by atoms with E-state index in [4.69, 9.17) is 5.73 Å². The molecule has 0 aliphatic rings. The van der Waals surface area contributed by atoms with Gasteiger partial charge in [0.2, 0.25) is 0 Å². The number of nitrogens with one attached hydrogen (secondary N) is 1. The van der Waals surface area contributed by atoms with Crippen LogP contribution in [-0.2, 0) is 0 Å². The van der Waals surface area contributed by atoms with Gasteiger partial charge in [-0.3, -0.25) is 0 Å². The van der Waals surface area contributed by atoms with Crippen LogP contribution >= 0.6 is 0 Å². The Morgan fingerprint density at radius 2 is 2.06 bits per heavy atom. The molecule has 0 spiro atoms. The fourth-order valence-corrected chi connectivity index (χ4v) is 1.88. The Labute approximate surface area is 104 Å². The number of nitrogen functional groups attached to an aromatic ring is 1. The summed E-state index contributed by atoms with van der Waals surface area (Å²) >= 11 is 0. The molecule has 4 nitrogen and oxygen atoms in total. The predicted molar refractivity (Wildman–Crippen MR) is 74.2 cm³/mol. The van der Waals surface area contributed by atoms with E-state index in [0.29, 0.717) is 0 Å². The molecule has 3 N–H and O–H groups in total. The largest absolute Gasteiger partial charge is 0.398 e. The van der Waals surface area contributed by atoms with Gasteiger partial charge in [-0.05, 0) is 32.0 Å². The van der Waals surface area contributed by atoms with E-state index < -0.39 is 0 Å². The summed E-state index contributed by atoms with van der Waals surface area (Å²) in [6.45, 7) is 8.33. The number of hydrogen-bond donors (Lipinski definition) is 2. The second-order valence-electron chi connectivity index (χ2n) is 5.68. The molecule has 0 amide bonds. The maximum absolute atomic E-state index is 5.85. The molecule has 0 radical (unpaired) electrons. The predicted octanol–water partition coefficient (Wildman–Crippen LogP) is 1.97. The molecule has 1 aromatic rings. The first kappa shape index (κ1) is 13.8. The number of nitrogens with two attached hydrogens (primary N) is 1. The fourth-order valence-electron chi connectivity index (χ4n) is 1.88. The van der Waals surface area contributed by atoms with E-state index in [1.54, 1.807) is 6.20 Å². The summed E-state index contributed by atoms with van der Waals surface area (Å²) in [6.07, 6.45) is 1.80. The molecular formula is C13H24N4. The minimum Gasteiger partial charge on any atom is -0.398 e. The molecule has 0 bridgehead atoms. The van der Waals surface area contributed by atoms with Crippen LogP contribution in [0.2, 0.25) is 0 Å². The van der Waals surface area contributed by atoms with Gasteiger partial charge in [-0.2, -0.15) is 0 Å². The third-order valence-electron chi connectivity index (χ3n) is 2.64. The van der Waals surface area contributed by atoms with Crippen molar-refractivity contribution in [2.75, 3.05) is 38.2 Å². The Morgan fingerprint density at radius 3 is 2.59 bits per heavy atom. The van der Waals surface area contributed by atoms with Gasteiger partial charge in [-0.1, -0.05) is 13.8 Å². The zero-order chi connectivity index (χ0) is 13.1. The molecule has 0 aliphatic carbocycles. The summed E-state index contributed by atoms with van der Waals surface area (Å²) in [4.78, 5) is 6.51. The number of pyridine rings is 1. The Morgan fingerprint density at radius 1 is 1.41 bits per heavy atom. The lowest BCUT2D eigenvalue weighted by molar-refractivity contribution is 0.254. The van der Waals surface area contributed by atoms with Crippen molar-refractivity contribution in [2.45, 2.75) is 20.8 Å². The van der Waals surface area contributed by atoms with Crippen molar-refractivity contribution in [3.63, 3.8) is 0 Å². The monoisotopic (exact) mass is 236 g/mol. The van der Waals surface area contributed by atoms with E-state index >= 15 is 0 Å². The highest BCUT2D eigenvalue weighted by Gasteiger charge is 2.18. The first-order chi connectivity index (χ1) is 7.80. The lowest BCUT2D eigenvalue weighted by Crippen LogP contribution is -2.34. The molecule has 0 aliphatic heterocycles. The average Bonchev–Trinajstić information content (AvgIpc) is 2.18. The molecule has 1 heterocycles. The Hall–Kier alpha value is -1.29. The second-order valence-corrected chi connectivity index (χ2v) is 5.68. The molecule has 1 rings (SSSR count). The van der Waals surface area contributed by atoms with Crippen LogP contribution in [0.4, 0.5) is 11.5 Å². The highest BCUT2D eigenvalue weighted by molar-refractivity contribution is 5.53. The molecule has 4 heteroatoms. The second kappa shape index (κ2) is 5.36. The standard InChI is InChI=1S/C13H24N4/c1-10-7-15-12(6-11(10)14)16-8-13(2,3)9-17(4)5/h6-7H,8-9H2,1-5H3,(H3,14,15,16). The number of rotatable bonds is 5. The lowest BCUT2D eigenvalue weighted by atomic mass is 9.93. The van der Waals surface area contributed by atoms with E-state index in [1.165, 1.54) is 0 Å². The average molecular weight is 236 g/mol. The topological polar surface area (TPSA) is 54.2 Å². The molecule has 0 saturated heterocycles. The van der Waals surface area contributed by atoms with Crippen LogP contribution in [-0.4, -0.2) is 37.1 Å². The van der Waals surface area contributed by atoms with Crippen molar-refractivity contribution in [1.82, 2.24) is 9.88 Å². The van der Waals surface area contributed by atoms with Gasteiger partial charge in [-0.15, -0.1) is 0 Å². The molecule has 17 heavy (non-hydrogen) atoms. The number of nitrogens with zero attached hydrogens (tertiary/aromatic N) is 2. The van der Waals surface area contributed by atoms with Gasteiger partial charge in [0.25, 0.3) is 0 Å². The zero-order valence-corrected chi connectivity index (χ0v) is 11.5. The molecule has 0 aromatic carbocycles. The van der Waals surface area contributed by atoms with Gasteiger partial charge in [0.05, 0.1) is 0 Å². The molecule has 0 fully saturated rings. The molecule has 0 unspecified atom stereocenters. The van der Waals surface area contributed by atoms with Crippen molar-refractivity contribution < 1.29 is 0 Å². The summed E-state index contributed by atoms with van der Waals surface area (Å²) in [5.74, 6) is 0.847. The molecule has 96 valence electrons. The maximum atomic E-state index is 5.85.